The lowest BCUT2D eigenvalue weighted by Gasteiger charge is -2.27. The molecule has 4 heteroatoms. The van der Waals surface area contributed by atoms with E-state index in [0.29, 0.717) is 11.1 Å². The summed E-state index contributed by atoms with van der Waals surface area (Å²) in [5.41, 5.74) is 0. The summed E-state index contributed by atoms with van der Waals surface area (Å²) >= 11 is 9.34. The van der Waals surface area contributed by atoms with E-state index in [0.717, 1.165) is 16.2 Å². The van der Waals surface area contributed by atoms with Crippen LogP contribution in [0.25, 0.3) is 0 Å². The molecule has 0 amide bonds. The van der Waals surface area contributed by atoms with Crippen molar-refractivity contribution in [3.8, 4) is 0 Å². The normalized spacial score (nSPS) is 24.9. The zero-order valence-electron chi connectivity index (χ0n) is 10.1. The van der Waals surface area contributed by atoms with Gasteiger partial charge < -0.3 is 0 Å². The molecule has 1 aromatic heterocycles. The topological polar surface area (TPSA) is 25.8 Å². The van der Waals surface area contributed by atoms with E-state index in [2.05, 4.69) is 32.8 Å². The summed E-state index contributed by atoms with van der Waals surface area (Å²) < 4.78 is 0.780. The van der Waals surface area contributed by atoms with Crippen LogP contribution in [0, 0.1) is 5.92 Å². The van der Waals surface area contributed by atoms with Crippen LogP contribution >= 0.6 is 27.5 Å². The highest BCUT2D eigenvalue weighted by Crippen LogP contribution is 2.36. The third kappa shape index (κ3) is 3.41. The summed E-state index contributed by atoms with van der Waals surface area (Å²) in [4.78, 5) is 8.77. The van der Waals surface area contributed by atoms with E-state index in [1.54, 1.807) is 6.20 Å². The van der Waals surface area contributed by atoms with Gasteiger partial charge in [-0.3, -0.25) is 0 Å². The number of halogens is 2. The highest BCUT2D eigenvalue weighted by atomic mass is 79.9. The second kappa shape index (κ2) is 6.14. The predicted octanol–water partition coefficient (Wildman–Crippen LogP) is 4.97. The summed E-state index contributed by atoms with van der Waals surface area (Å²) in [6, 6.07) is 0. The van der Waals surface area contributed by atoms with Crippen LogP contribution in [0.4, 0.5) is 0 Å². The van der Waals surface area contributed by atoms with Crippen LogP contribution in [-0.2, 0) is 0 Å². The average molecular weight is 318 g/mol. The largest absolute Gasteiger partial charge is 0.240 e. The Labute approximate surface area is 116 Å². The molecule has 0 unspecified atom stereocenters. The van der Waals surface area contributed by atoms with E-state index in [-0.39, 0.29) is 0 Å². The van der Waals surface area contributed by atoms with Crippen molar-refractivity contribution in [2.75, 3.05) is 0 Å². The average Bonchev–Trinajstić information content (AvgIpc) is 2.34. The van der Waals surface area contributed by atoms with Crippen molar-refractivity contribution in [2.24, 2.45) is 5.92 Å². The molecule has 1 fully saturated rings. The Balaban J connectivity index is 1.98. The van der Waals surface area contributed by atoms with Crippen molar-refractivity contribution in [1.29, 1.82) is 0 Å². The molecule has 0 radical (unpaired) electrons. The molecule has 1 saturated carbocycles. The molecule has 0 spiro atoms. The molecule has 2 nitrogen and oxygen atoms in total. The fourth-order valence-corrected chi connectivity index (χ4v) is 3.00. The third-order valence-electron chi connectivity index (χ3n) is 3.63. The van der Waals surface area contributed by atoms with Crippen LogP contribution in [0.15, 0.2) is 10.7 Å². The van der Waals surface area contributed by atoms with Crippen LogP contribution in [0.5, 0.6) is 0 Å². The lowest BCUT2D eigenvalue weighted by atomic mass is 9.80. The minimum Gasteiger partial charge on any atom is -0.240 e. The highest BCUT2D eigenvalue weighted by Gasteiger charge is 2.24. The molecule has 17 heavy (non-hydrogen) atoms. The van der Waals surface area contributed by atoms with E-state index < -0.39 is 0 Å². The van der Waals surface area contributed by atoms with Crippen molar-refractivity contribution >= 4 is 27.5 Å². The summed E-state index contributed by atoms with van der Waals surface area (Å²) in [5, 5.41) is 0.533. The van der Waals surface area contributed by atoms with Crippen molar-refractivity contribution in [2.45, 2.75) is 51.4 Å². The molecule has 0 N–H and O–H groups in total. The minimum atomic E-state index is 0.508. The molecule has 0 bridgehead atoms. The maximum Gasteiger partial charge on any atom is 0.146 e. The van der Waals surface area contributed by atoms with E-state index >= 15 is 0 Å². The minimum absolute atomic E-state index is 0.508. The molecule has 94 valence electrons. The molecule has 1 aromatic rings. The van der Waals surface area contributed by atoms with Gasteiger partial charge in [-0.1, -0.05) is 31.4 Å². The van der Waals surface area contributed by atoms with Gasteiger partial charge in [-0.25, -0.2) is 9.97 Å². The SMILES string of the molecule is CCCC1CCC(c2ncc(Br)c(Cl)n2)CC1. The molecular weight excluding hydrogens is 300 g/mol. The Morgan fingerprint density at radius 2 is 2.06 bits per heavy atom. The molecule has 1 aliphatic rings. The van der Waals surface area contributed by atoms with Gasteiger partial charge in [0.15, 0.2) is 0 Å². The Morgan fingerprint density at radius 3 is 2.65 bits per heavy atom. The number of hydrogen-bond donors (Lipinski definition) is 0. The monoisotopic (exact) mass is 316 g/mol. The molecule has 1 heterocycles. The highest BCUT2D eigenvalue weighted by molar-refractivity contribution is 9.10. The number of hydrogen-bond acceptors (Lipinski definition) is 2. The lowest BCUT2D eigenvalue weighted by molar-refractivity contribution is 0.302. The van der Waals surface area contributed by atoms with Gasteiger partial charge in [0.05, 0.1) is 4.47 Å². The first-order valence-corrected chi connectivity index (χ1v) is 7.55. The van der Waals surface area contributed by atoms with E-state index in [9.17, 15) is 0 Å². The smallest absolute Gasteiger partial charge is 0.146 e. The van der Waals surface area contributed by atoms with Crippen molar-refractivity contribution in [1.82, 2.24) is 9.97 Å². The van der Waals surface area contributed by atoms with Crippen LogP contribution in [0.3, 0.4) is 0 Å². The summed E-state index contributed by atoms with van der Waals surface area (Å²) in [5.74, 6) is 2.35. The van der Waals surface area contributed by atoms with Gasteiger partial charge >= 0.3 is 0 Å². The Kier molecular flexibility index (Phi) is 4.80. The first-order chi connectivity index (χ1) is 8.20. The van der Waals surface area contributed by atoms with Crippen molar-refractivity contribution in [3.05, 3.63) is 21.6 Å². The second-order valence-electron chi connectivity index (χ2n) is 4.87. The molecule has 0 saturated heterocycles. The Morgan fingerprint density at radius 1 is 1.35 bits per heavy atom. The maximum absolute atomic E-state index is 6.01. The fraction of sp³-hybridized carbons (Fsp3) is 0.692. The molecule has 2 rings (SSSR count). The van der Waals surface area contributed by atoms with Crippen molar-refractivity contribution in [3.63, 3.8) is 0 Å². The molecule has 0 atom stereocenters. The quantitative estimate of drug-likeness (QED) is 0.736. The maximum atomic E-state index is 6.01. The van der Waals surface area contributed by atoms with Gasteiger partial charge in [0.1, 0.15) is 11.0 Å². The summed E-state index contributed by atoms with van der Waals surface area (Å²) in [7, 11) is 0. The van der Waals surface area contributed by atoms with Crippen LogP contribution in [0.2, 0.25) is 5.15 Å². The third-order valence-corrected chi connectivity index (χ3v) is 4.73. The fourth-order valence-electron chi connectivity index (χ4n) is 2.67. The number of nitrogens with zero attached hydrogens (tertiary/aromatic N) is 2. The van der Waals surface area contributed by atoms with Crippen LogP contribution < -0.4 is 0 Å². The van der Waals surface area contributed by atoms with Crippen LogP contribution in [0.1, 0.15) is 57.2 Å². The molecule has 0 aromatic carbocycles. The summed E-state index contributed by atoms with van der Waals surface area (Å²) in [6.07, 6.45) is 9.49. The predicted molar refractivity (Wildman–Crippen MR) is 74.3 cm³/mol. The van der Waals surface area contributed by atoms with E-state index in [1.165, 1.54) is 38.5 Å². The number of aromatic nitrogens is 2. The Bertz CT molecular complexity index is 376. The molecule has 1 aliphatic carbocycles. The zero-order valence-corrected chi connectivity index (χ0v) is 12.5. The molecule has 0 aliphatic heterocycles. The van der Waals surface area contributed by atoms with Gasteiger partial charge in [0, 0.05) is 12.1 Å². The van der Waals surface area contributed by atoms with Gasteiger partial charge in [0.25, 0.3) is 0 Å². The van der Waals surface area contributed by atoms with Gasteiger partial charge in [-0.05, 0) is 47.5 Å². The van der Waals surface area contributed by atoms with E-state index in [4.69, 9.17) is 11.6 Å². The second-order valence-corrected chi connectivity index (χ2v) is 6.09. The number of rotatable bonds is 3. The standard InChI is InChI=1S/C13H18BrClN2/c1-2-3-9-4-6-10(7-5-9)13-16-8-11(14)12(15)17-13/h8-10H,2-7H2,1H3. The van der Waals surface area contributed by atoms with Gasteiger partial charge in [0.2, 0.25) is 0 Å². The van der Waals surface area contributed by atoms with Gasteiger partial charge in [-0.15, -0.1) is 0 Å². The molecular formula is C13H18BrClN2. The van der Waals surface area contributed by atoms with Gasteiger partial charge in [-0.2, -0.15) is 0 Å². The first-order valence-electron chi connectivity index (χ1n) is 6.38. The van der Waals surface area contributed by atoms with Crippen molar-refractivity contribution < 1.29 is 0 Å². The Hall–Kier alpha value is -0.150. The lowest BCUT2D eigenvalue weighted by Crippen LogP contribution is -2.15. The zero-order chi connectivity index (χ0) is 12.3. The summed E-state index contributed by atoms with van der Waals surface area (Å²) in [6.45, 7) is 2.27. The van der Waals surface area contributed by atoms with E-state index in [1.807, 2.05) is 0 Å². The van der Waals surface area contributed by atoms with Crippen LogP contribution in [-0.4, -0.2) is 9.97 Å². The first kappa shape index (κ1) is 13.3.